The second kappa shape index (κ2) is 6.87. The van der Waals surface area contributed by atoms with E-state index in [2.05, 4.69) is 0 Å². The molecule has 0 radical (unpaired) electrons. The fraction of sp³-hybridized carbons (Fsp3) is 0.0833. The lowest BCUT2D eigenvalue weighted by atomic mass is 9.83. The average molecular weight is 421 g/mol. The second-order valence-corrected chi connectivity index (χ2v) is 7.93. The van der Waals surface area contributed by atoms with Crippen molar-refractivity contribution in [3.05, 3.63) is 111 Å². The molecule has 2 aliphatic rings. The first-order valence-corrected chi connectivity index (χ1v) is 9.90. The third-order valence-corrected chi connectivity index (χ3v) is 5.88. The van der Waals surface area contributed by atoms with Crippen molar-refractivity contribution in [1.29, 1.82) is 0 Å². The highest BCUT2D eigenvalue weighted by molar-refractivity contribution is 6.31. The molecule has 0 saturated heterocycles. The summed E-state index contributed by atoms with van der Waals surface area (Å²) >= 11 is 12.0. The number of halogens is 2. The van der Waals surface area contributed by atoms with Gasteiger partial charge in [0.1, 0.15) is 5.76 Å². The lowest BCUT2D eigenvalue weighted by Gasteiger charge is -2.22. The van der Waals surface area contributed by atoms with Crippen molar-refractivity contribution in [2.45, 2.75) is 12.0 Å². The highest BCUT2D eigenvalue weighted by atomic mass is 35.5. The number of ether oxygens (including phenoxy) is 1. The van der Waals surface area contributed by atoms with Crippen molar-refractivity contribution in [1.82, 2.24) is 0 Å². The molecule has 29 heavy (non-hydrogen) atoms. The Morgan fingerprint density at radius 2 is 1.38 bits per heavy atom. The van der Waals surface area contributed by atoms with Gasteiger partial charge in [0, 0.05) is 26.7 Å². The fourth-order valence-corrected chi connectivity index (χ4v) is 4.28. The first-order chi connectivity index (χ1) is 14.0. The van der Waals surface area contributed by atoms with Crippen LogP contribution in [-0.2, 0) is 4.74 Å². The summed E-state index contributed by atoms with van der Waals surface area (Å²) in [5.41, 5.74) is 3.17. The predicted octanol–water partition coefficient (Wildman–Crippen LogP) is 5.97. The van der Waals surface area contributed by atoms with Crippen molar-refractivity contribution >= 4 is 40.5 Å². The van der Waals surface area contributed by atoms with Gasteiger partial charge in [-0.15, -0.1) is 0 Å². The van der Waals surface area contributed by atoms with Gasteiger partial charge in [0.15, 0.2) is 11.9 Å². The zero-order valence-electron chi connectivity index (χ0n) is 15.1. The van der Waals surface area contributed by atoms with Gasteiger partial charge in [-0.25, -0.2) is 0 Å². The van der Waals surface area contributed by atoms with Crippen LogP contribution in [0.1, 0.15) is 37.8 Å². The Balaban J connectivity index is 1.63. The van der Waals surface area contributed by atoms with Crippen LogP contribution in [0.25, 0.3) is 5.76 Å². The number of Topliss-reactive ketones (excluding diaryl/α,β-unsaturated/α-hetero) is 2. The number of benzene rings is 3. The van der Waals surface area contributed by atoms with E-state index in [4.69, 9.17) is 27.9 Å². The molecular weight excluding hydrogens is 407 g/mol. The molecule has 3 nitrogen and oxygen atoms in total. The molecule has 5 rings (SSSR count). The number of carbonyl (C=O) groups is 2. The van der Waals surface area contributed by atoms with E-state index in [0.29, 0.717) is 32.5 Å². The Labute approximate surface area is 177 Å². The molecule has 0 fully saturated rings. The zero-order valence-corrected chi connectivity index (χ0v) is 16.6. The first kappa shape index (κ1) is 18.2. The van der Waals surface area contributed by atoms with Gasteiger partial charge in [-0.3, -0.25) is 9.59 Å². The summed E-state index contributed by atoms with van der Waals surface area (Å²) in [5.74, 6) is -0.300. The van der Waals surface area contributed by atoms with Gasteiger partial charge in [0.05, 0.1) is 11.5 Å². The van der Waals surface area contributed by atoms with Crippen LogP contribution in [0, 0.1) is 0 Å². The van der Waals surface area contributed by atoms with Gasteiger partial charge in [0.2, 0.25) is 5.78 Å². The van der Waals surface area contributed by atoms with Crippen molar-refractivity contribution < 1.29 is 14.3 Å². The Hall–Kier alpha value is -2.88. The number of hydrogen-bond acceptors (Lipinski definition) is 3. The Morgan fingerprint density at radius 3 is 2.03 bits per heavy atom. The maximum atomic E-state index is 13.3. The van der Waals surface area contributed by atoms with Crippen LogP contribution in [0.3, 0.4) is 0 Å². The van der Waals surface area contributed by atoms with E-state index < -0.39 is 12.0 Å². The summed E-state index contributed by atoms with van der Waals surface area (Å²) in [4.78, 5) is 26.5. The zero-order chi connectivity index (χ0) is 20.1. The van der Waals surface area contributed by atoms with Crippen LogP contribution in [0.4, 0.5) is 0 Å². The van der Waals surface area contributed by atoms with E-state index in [9.17, 15) is 9.59 Å². The largest absolute Gasteiger partial charge is 0.480 e. The van der Waals surface area contributed by atoms with Crippen LogP contribution in [-0.4, -0.2) is 17.7 Å². The molecule has 0 aromatic heterocycles. The van der Waals surface area contributed by atoms with Gasteiger partial charge in [-0.05, 0) is 42.0 Å². The number of carbonyl (C=O) groups excluding carboxylic acids is 2. The van der Waals surface area contributed by atoms with E-state index in [0.717, 1.165) is 11.1 Å². The highest BCUT2D eigenvalue weighted by Crippen LogP contribution is 2.50. The topological polar surface area (TPSA) is 43.4 Å². The van der Waals surface area contributed by atoms with Crippen LogP contribution >= 0.6 is 23.2 Å². The molecule has 0 saturated carbocycles. The molecule has 142 valence electrons. The smallest absolute Gasteiger partial charge is 0.204 e. The molecule has 0 bridgehead atoms. The molecule has 1 aliphatic carbocycles. The second-order valence-electron chi connectivity index (χ2n) is 7.06. The predicted molar refractivity (Wildman–Crippen MR) is 113 cm³/mol. The van der Waals surface area contributed by atoms with E-state index in [1.807, 2.05) is 30.3 Å². The van der Waals surface area contributed by atoms with Crippen molar-refractivity contribution in [2.75, 3.05) is 0 Å². The van der Waals surface area contributed by atoms with Crippen LogP contribution in [0.15, 0.2) is 78.4 Å². The van der Waals surface area contributed by atoms with Gasteiger partial charge >= 0.3 is 0 Å². The highest BCUT2D eigenvalue weighted by Gasteiger charge is 2.49. The molecule has 1 heterocycles. The lowest BCUT2D eigenvalue weighted by Crippen LogP contribution is -2.29. The van der Waals surface area contributed by atoms with Gasteiger partial charge < -0.3 is 4.74 Å². The van der Waals surface area contributed by atoms with Crippen LogP contribution in [0.5, 0.6) is 0 Å². The molecule has 1 aliphatic heterocycles. The first-order valence-electron chi connectivity index (χ1n) is 9.15. The number of fused-ring (bicyclic) bond motifs is 2. The van der Waals surface area contributed by atoms with E-state index >= 15 is 0 Å². The summed E-state index contributed by atoms with van der Waals surface area (Å²) in [6.07, 6.45) is -0.834. The summed E-state index contributed by atoms with van der Waals surface area (Å²) in [7, 11) is 0. The minimum atomic E-state index is -0.834. The van der Waals surface area contributed by atoms with Crippen LogP contribution < -0.4 is 0 Å². The van der Waals surface area contributed by atoms with E-state index in [1.54, 1.807) is 42.5 Å². The molecule has 0 unspecified atom stereocenters. The van der Waals surface area contributed by atoms with Crippen LogP contribution in [0.2, 0.25) is 10.0 Å². The minimum absolute atomic E-state index is 0.0954. The van der Waals surface area contributed by atoms with E-state index in [1.165, 1.54) is 0 Å². The fourth-order valence-electron chi connectivity index (χ4n) is 4.02. The van der Waals surface area contributed by atoms with Crippen molar-refractivity contribution in [3.63, 3.8) is 0 Å². The SMILES string of the molecule is O=C1C2=C(O[C@H](C(=O)c3ccc(Cl)cc3)[C@H]2c2ccc(Cl)cc2)c2ccccc21. The number of ketones is 2. The molecule has 0 amide bonds. The molecule has 5 heteroatoms. The van der Waals surface area contributed by atoms with Crippen molar-refractivity contribution in [3.8, 4) is 0 Å². The summed E-state index contributed by atoms with van der Waals surface area (Å²) < 4.78 is 6.17. The molecule has 0 N–H and O–H groups in total. The third-order valence-electron chi connectivity index (χ3n) is 5.38. The molecule has 3 aromatic carbocycles. The monoisotopic (exact) mass is 420 g/mol. The lowest BCUT2D eigenvalue weighted by molar-refractivity contribution is 0.0750. The Morgan fingerprint density at radius 1 is 0.793 bits per heavy atom. The van der Waals surface area contributed by atoms with Gasteiger partial charge in [-0.1, -0.05) is 59.6 Å². The molecule has 0 spiro atoms. The average Bonchev–Trinajstić information content (AvgIpc) is 3.25. The molecular formula is C24H14Cl2O3. The maximum absolute atomic E-state index is 13.3. The minimum Gasteiger partial charge on any atom is -0.480 e. The summed E-state index contributed by atoms with van der Waals surface area (Å²) in [5, 5.41) is 1.14. The molecule has 2 atom stereocenters. The molecule has 3 aromatic rings. The number of hydrogen-bond donors (Lipinski definition) is 0. The summed E-state index contributed by atoms with van der Waals surface area (Å²) in [6.45, 7) is 0. The Kier molecular flexibility index (Phi) is 4.30. The van der Waals surface area contributed by atoms with Gasteiger partial charge in [-0.2, -0.15) is 0 Å². The summed E-state index contributed by atoms with van der Waals surface area (Å²) in [6, 6.07) is 21.2. The van der Waals surface area contributed by atoms with Gasteiger partial charge in [0.25, 0.3) is 0 Å². The third kappa shape index (κ3) is 2.89. The standard InChI is InChI=1S/C24H14Cl2O3/c25-15-9-5-13(6-10-15)19-20-22(28)17-3-1-2-4-18(17)23(20)29-24(19)21(27)14-7-11-16(26)12-8-14/h1-12,19,24H/t19-,24-/m0/s1. The Bertz CT molecular complexity index is 1180. The number of rotatable bonds is 3. The van der Waals surface area contributed by atoms with Crippen molar-refractivity contribution in [2.24, 2.45) is 0 Å². The normalized spacial score (nSPS) is 19.7. The van der Waals surface area contributed by atoms with E-state index in [-0.39, 0.29) is 11.6 Å². The maximum Gasteiger partial charge on any atom is 0.204 e. The quantitative estimate of drug-likeness (QED) is 0.490.